The number of aromatic carboxylic acids is 1. The van der Waals surface area contributed by atoms with E-state index in [0.717, 1.165) is 5.56 Å². The van der Waals surface area contributed by atoms with Crippen molar-refractivity contribution in [3.05, 3.63) is 29.3 Å². The predicted molar refractivity (Wildman–Crippen MR) is 61.9 cm³/mol. The van der Waals surface area contributed by atoms with Crippen molar-refractivity contribution in [1.82, 2.24) is 0 Å². The molecule has 3 nitrogen and oxygen atoms in total. The third-order valence-electron chi connectivity index (χ3n) is 2.36. The highest BCUT2D eigenvalue weighted by Gasteiger charge is 2.25. The summed E-state index contributed by atoms with van der Waals surface area (Å²) < 4.78 is 35.8. The van der Waals surface area contributed by atoms with E-state index in [-0.39, 0.29) is 18.5 Å². The van der Waals surface area contributed by atoms with Crippen LogP contribution in [-0.2, 0) is 0 Å². The summed E-state index contributed by atoms with van der Waals surface area (Å²) in [7, 11) is 0. The number of hydrogen-bond acceptors (Lipinski definition) is 2. The lowest BCUT2D eigenvalue weighted by atomic mass is 10.1. The van der Waals surface area contributed by atoms with Gasteiger partial charge < -0.3 is 10.4 Å². The van der Waals surface area contributed by atoms with Crippen LogP contribution in [0.15, 0.2) is 18.2 Å². The molecule has 0 aromatic heterocycles. The highest BCUT2D eigenvalue weighted by molar-refractivity contribution is 5.94. The minimum Gasteiger partial charge on any atom is -0.478 e. The van der Waals surface area contributed by atoms with Crippen molar-refractivity contribution in [2.45, 2.75) is 25.9 Å². The Morgan fingerprint density at radius 3 is 2.61 bits per heavy atom. The number of aryl methyl sites for hydroxylation is 1. The molecule has 0 saturated heterocycles. The molecular weight excluding hydrogens is 247 g/mol. The van der Waals surface area contributed by atoms with Crippen molar-refractivity contribution < 1.29 is 23.1 Å². The molecule has 1 aromatic rings. The maximum atomic E-state index is 11.9. The lowest BCUT2D eigenvalue weighted by Gasteiger charge is -2.11. The first-order chi connectivity index (χ1) is 8.29. The predicted octanol–water partition coefficient (Wildman–Crippen LogP) is 3.45. The van der Waals surface area contributed by atoms with Gasteiger partial charge >= 0.3 is 12.1 Å². The van der Waals surface area contributed by atoms with E-state index in [1.807, 2.05) is 0 Å². The fourth-order valence-electron chi connectivity index (χ4n) is 1.50. The maximum Gasteiger partial charge on any atom is 0.389 e. The van der Waals surface area contributed by atoms with Crippen molar-refractivity contribution in [3.8, 4) is 0 Å². The van der Waals surface area contributed by atoms with E-state index in [1.165, 1.54) is 6.07 Å². The van der Waals surface area contributed by atoms with E-state index in [9.17, 15) is 18.0 Å². The van der Waals surface area contributed by atoms with Gasteiger partial charge in [0.1, 0.15) is 0 Å². The van der Waals surface area contributed by atoms with Crippen LogP contribution in [0.4, 0.5) is 18.9 Å². The van der Waals surface area contributed by atoms with E-state index >= 15 is 0 Å². The monoisotopic (exact) mass is 261 g/mol. The molecule has 0 spiro atoms. The highest BCUT2D eigenvalue weighted by atomic mass is 19.4. The Balaban J connectivity index is 2.61. The molecule has 18 heavy (non-hydrogen) atoms. The summed E-state index contributed by atoms with van der Waals surface area (Å²) in [4.78, 5) is 10.9. The van der Waals surface area contributed by atoms with Crippen LogP contribution in [0, 0.1) is 6.92 Å². The Kier molecular flexibility index (Phi) is 4.58. The number of benzene rings is 1. The van der Waals surface area contributed by atoms with Gasteiger partial charge in [0.2, 0.25) is 0 Å². The number of carbonyl (C=O) groups is 1. The average molecular weight is 261 g/mol. The number of carboxylic acid groups (broad SMARTS) is 1. The summed E-state index contributed by atoms with van der Waals surface area (Å²) >= 11 is 0. The lowest BCUT2D eigenvalue weighted by molar-refractivity contribution is -0.134. The van der Waals surface area contributed by atoms with E-state index in [0.29, 0.717) is 5.69 Å². The first-order valence-electron chi connectivity index (χ1n) is 5.44. The molecule has 0 aliphatic heterocycles. The molecule has 0 unspecified atom stereocenters. The van der Waals surface area contributed by atoms with Gasteiger partial charge in [-0.25, -0.2) is 4.79 Å². The van der Waals surface area contributed by atoms with E-state index in [2.05, 4.69) is 5.32 Å². The number of rotatable bonds is 5. The molecule has 1 rings (SSSR count). The van der Waals surface area contributed by atoms with Crippen LogP contribution in [0.25, 0.3) is 0 Å². The van der Waals surface area contributed by atoms with Crippen LogP contribution in [0.3, 0.4) is 0 Å². The van der Waals surface area contributed by atoms with Gasteiger partial charge in [0.15, 0.2) is 0 Å². The zero-order chi connectivity index (χ0) is 13.8. The fraction of sp³-hybridized carbons (Fsp3) is 0.417. The standard InChI is InChI=1S/C12H14F3NO2/c1-8-3-4-9(11(17)18)10(7-8)16-6-2-5-12(13,14)15/h3-4,7,16H,2,5-6H2,1H3,(H,17,18). The van der Waals surface area contributed by atoms with Gasteiger partial charge in [0.05, 0.1) is 5.56 Å². The summed E-state index contributed by atoms with van der Waals surface area (Å²) in [5, 5.41) is 11.6. The highest BCUT2D eigenvalue weighted by Crippen LogP contribution is 2.22. The molecule has 0 heterocycles. The van der Waals surface area contributed by atoms with Gasteiger partial charge in [-0.05, 0) is 31.0 Å². The summed E-state index contributed by atoms with van der Waals surface area (Å²) in [5.74, 6) is -1.10. The molecule has 0 radical (unpaired) electrons. The Morgan fingerprint density at radius 2 is 2.06 bits per heavy atom. The molecular formula is C12H14F3NO2. The van der Waals surface area contributed by atoms with Gasteiger partial charge in [0, 0.05) is 18.7 Å². The first-order valence-corrected chi connectivity index (χ1v) is 5.44. The van der Waals surface area contributed by atoms with E-state index in [4.69, 9.17) is 5.11 Å². The Labute approximate surface area is 103 Å². The molecule has 0 atom stereocenters. The van der Waals surface area contributed by atoms with Crippen LogP contribution in [0.1, 0.15) is 28.8 Å². The van der Waals surface area contributed by atoms with Crippen LogP contribution in [0.2, 0.25) is 0 Å². The van der Waals surface area contributed by atoms with Crippen LogP contribution in [-0.4, -0.2) is 23.8 Å². The fourth-order valence-corrected chi connectivity index (χ4v) is 1.50. The van der Waals surface area contributed by atoms with Crippen molar-refractivity contribution >= 4 is 11.7 Å². The number of alkyl halides is 3. The summed E-state index contributed by atoms with van der Waals surface area (Å²) in [6.07, 6.45) is -5.14. The molecule has 1 aromatic carbocycles. The topological polar surface area (TPSA) is 49.3 Å². The molecule has 0 aliphatic rings. The lowest BCUT2D eigenvalue weighted by Crippen LogP contribution is -2.12. The van der Waals surface area contributed by atoms with Crippen molar-refractivity contribution in [3.63, 3.8) is 0 Å². The summed E-state index contributed by atoms with van der Waals surface area (Å²) in [5.41, 5.74) is 1.26. The van der Waals surface area contributed by atoms with Crippen LogP contribution >= 0.6 is 0 Å². The van der Waals surface area contributed by atoms with Gasteiger partial charge in [-0.3, -0.25) is 0 Å². The van der Waals surface area contributed by atoms with Crippen molar-refractivity contribution in [1.29, 1.82) is 0 Å². The Morgan fingerprint density at radius 1 is 1.39 bits per heavy atom. The van der Waals surface area contributed by atoms with Gasteiger partial charge in [-0.15, -0.1) is 0 Å². The zero-order valence-electron chi connectivity index (χ0n) is 9.84. The SMILES string of the molecule is Cc1ccc(C(=O)O)c(NCCCC(F)(F)F)c1. The largest absolute Gasteiger partial charge is 0.478 e. The van der Waals surface area contributed by atoms with E-state index < -0.39 is 18.6 Å². The van der Waals surface area contributed by atoms with Gasteiger partial charge in [-0.1, -0.05) is 6.07 Å². The van der Waals surface area contributed by atoms with E-state index in [1.54, 1.807) is 19.1 Å². The third-order valence-corrected chi connectivity index (χ3v) is 2.36. The third kappa shape index (κ3) is 4.65. The molecule has 0 saturated carbocycles. The van der Waals surface area contributed by atoms with Crippen molar-refractivity contribution in [2.24, 2.45) is 0 Å². The molecule has 2 N–H and O–H groups in total. The second-order valence-corrected chi connectivity index (χ2v) is 4.00. The minimum absolute atomic E-state index is 0.0626. The second-order valence-electron chi connectivity index (χ2n) is 4.00. The Bertz CT molecular complexity index is 430. The van der Waals surface area contributed by atoms with Crippen molar-refractivity contribution in [2.75, 3.05) is 11.9 Å². The number of hydrogen-bond donors (Lipinski definition) is 2. The number of anilines is 1. The van der Waals surface area contributed by atoms with Gasteiger partial charge in [0.25, 0.3) is 0 Å². The molecule has 0 fully saturated rings. The molecule has 100 valence electrons. The van der Waals surface area contributed by atoms with Crippen LogP contribution in [0.5, 0.6) is 0 Å². The van der Waals surface area contributed by atoms with Crippen LogP contribution < -0.4 is 5.32 Å². The normalized spacial score (nSPS) is 11.3. The minimum atomic E-state index is -4.18. The molecule has 0 aliphatic carbocycles. The Hall–Kier alpha value is -1.72. The number of nitrogens with one attached hydrogen (secondary N) is 1. The number of halogens is 3. The average Bonchev–Trinajstić information content (AvgIpc) is 2.22. The second kappa shape index (κ2) is 5.75. The molecule has 0 bridgehead atoms. The summed E-state index contributed by atoms with van der Waals surface area (Å²) in [6.45, 7) is 1.87. The first kappa shape index (κ1) is 14.3. The summed E-state index contributed by atoms with van der Waals surface area (Å²) in [6, 6.07) is 4.69. The van der Waals surface area contributed by atoms with Gasteiger partial charge in [-0.2, -0.15) is 13.2 Å². The molecule has 0 amide bonds. The number of carboxylic acids is 1. The zero-order valence-corrected chi connectivity index (χ0v) is 9.84. The maximum absolute atomic E-state index is 11.9. The smallest absolute Gasteiger partial charge is 0.389 e. The molecule has 6 heteroatoms. The quantitative estimate of drug-likeness (QED) is 0.798.